The van der Waals surface area contributed by atoms with Crippen LogP contribution in [0, 0.1) is 0 Å². The van der Waals surface area contributed by atoms with Crippen molar-refractivity contribution in [2.45, 2.75) is 25.7 Å². The summed E-state index contributed by atoms with van der Waals surface area (Å²) in [4.78, 5) is 22.8. The average Bonchev–Trinajstić information content (AvgIpc) is 2.68. The Labute approximate surface area is 148 Å². The number of anilines is 1. The molecular formula is C19H24N4O2. The number of carbonyl (C=O) groups is 1. The average molecular weight is 340 g/mol. The number of benzene rings is 1. The summed E-state index contributed by atoms with van der Waals surface area (Å²) in [5.74, 6) is 1.53. The normalized spacial score (nSPS) is 14.2. The predicted octanol–water partition coefficient (Wildman–Crippen LogP) is 2.77. The summed E-state index contributed by atoms with van der Waals surface area (Å²) in [5, 5.41) is 3.27. The highest BCUT2D eigenvalue weighted by molar-refractivity contribution is 5.92. The summed E-state index contributed by atoms with van der Waals surface area (Å²) in [7, 11) is 1.67. The molecule has 1 fully saturated rings. The number of rotatable bonds is 6. The first kappa shape index (κ1) is 17.2. The van der Waals surface area contributed by atoms with E-state index in [1.807, 2.05) is 23.1 Å². The number of hydrogen-bond acceptors (Lipinski definition) is 5. The molecule has 1 aliphatic rings. The zero-order valence-electron chi connectivity index (χ0n) is 14.6. The number of methoxy groups -OCH3 is 1. The van der Waals surface area contributed by atoms with Crippen molar-refractivity contribution in [1.29, 1.82) is 0 Å². The van der Waals surface area contributed by atoms with Gasteiger partial charge >= 0.3 is 0 Å². The van der Waals surface area contributed by atoms with Gasteiger partial charge in [-0.05, 0) is 43.4 Å². The summed E-state index contributed by atoms with van der Waals surface area (Å²) >= 11 is 0. The van der Waals surface area contributed by atoms with E-state index >= 15 is 0 Å². The van der Waals surface area contributed by atoms with E-state index in [1.165, 1.54) is 18.3 Å². The van der Waals surface area contributed by atoms with E-state index in [2.05, 4.69) is 21.4 Å². The van der Waals surface area contributed by atoms with Crippen LogP contribution in [0.1, 0.15) is 35.3 Å². The number of likely N-dealkylation sites (tertiary alicyclic amines) is 1. The third-order valence-electron chi connectivity index (χ3n) is 4.38. The Hall–Kier alpha value is -2.63. The second kappa shape index (κ2) is 8.46. The summed E-state index contributed by atoms with van der Waals surface area (Å²) in [6.45, 7) is 2.37. The van der Waals surface area contributed by atoms with Gasteiger partial charge < -0.3 is 15.0 Å². The van der Waals surface area contributed by atoms with Crippen molar-refractivity contribution < 1.29 is 9.53 Å². The Morgan fingerprint density at radius 2 is 2.04 bits per heavy atom. The molecule has 0 saturated carbocycles. The van der Waals surface area contributed by atoms with Crippen LogP contribution in [0.4, 0.5) is 5.82 Å². The minimum absolute atomic E-state index is 0.00190. The lowest BCUT2D eigenvalue weighted by molar-refractivity contribution is 0.0718. The standard InChI is InChI=1S/C19H24N4O2/c1-25-16-7-5-6-15(12-16)8-9-20-18-13-17(21-14-22-18)19(24)23-10-3-2-4-11-23/h5-7,12-14H,2-4,8-11H2,1H3,(H,20,21,22). The Morgan fingerprint density at radius 3 is 2.84 bits per heavy atom. The molecule has 0 unspecified atom stereocenters. The predicted molar refractivity (Wildman–Crippen MR) is 97.0 cm³/mol. The van der Waals surface area contributed by atoms with Crippen LogP contribution in [0.3, 0.4) is 0 Å². The van der Waals surface area contributed by atoms with Crippen LogP contribution < -0.4 is 10.1 Å². The van der Waals surface area contributed by atoms with Crippen LogP contribution in [0.25, 0.3) is 0 Å². The summed E-state index contributed by atoms with van der Waals surface area (Å²) in [5.41, 5.74) is 1.64. The van der Waals surface area contributed by atoms with Gasteiger partial charge in [0, 0.05) is 25.7 Å². The maximum atomic E-state index is 12.5. The molecule has 1 aliphatic heterocycles. The Kier molecular flexibility index (Phi) is 5.82. The molecule has 132 valence electrons. The van der Waals surface area contributed by atoms with Crippen molar-refractivity contribution in [2.24, 2.45) is 0 Å². The highest BCUT2D eigenvalue weighted by Crippen LogP contribution is 2.15. The van der Waals surface area contributed by atoms with Gasteiger partial charge in [0.25, 0.3) is 5.91 Å². The van der Waals surface area contributed by atoms with Gasteiger partial charge in [0.2, 0.25) is 0 Å². The summed E-state index contributed by atoms with van der Waals surface area (Å²) in [6, 6.07) is 9.74. The van der Waals surface area contributed by atoms with Gasteiger partial charge in [-0.1, -0.05) is 12.1 Å². The molecule has 1 aromatic carbocycles. The maximum absolute atomic E-state index is 12.5. The van der Waals surface area contributed by atoms with E-state index in [1.54, 1.807) is 13.2 Å². The molecule has 1 aromatic heterocycles. The van der Waals surface area contributed by atoms with Crippen molar-refractivity contribution >= 4 is 11.7 Å². The van der Waals surface area contributed by atoms with Gasteiger partial charge in [0.15, 0.2) is 0 Å². The van der Waals surface area contributed by atoms with Crippen LogP contribution in [-0.4, -0.2) is 47.5 Å². The number of nitrogens with zero attached hydrogens (tertiary/aromatic N) is 3. The minimum Gasteiger partial charge on any atom is -0.497 e. The fraction of sp³-hybridized carbons (Fsp3) is 0.421. The van der Waals surface area contributed by atoms with Crippen LogP contribution >= 0.6 is 0 Å². The van der Waals surface area contributed by atoms with E-state index in [-0.39, 0.29) is 5.91 Å². The van der Waals surface area contributed by atoms with Gasteiger partial charge in [-0.25, -0.2) is 9.97 Å². The second-order valence-corrected chi connectivity index (χ2v) is 6.17. The number of amides is 1. The molecule has 25 heavy (non-hydrogen) atoms. The number of hydrogen-bond donors (Lipinski definition) is 1. The van der Waals surface area contributed by atoms with E-state index in [9.17, 15) is 4.79 Å². The van der Waals surface area contributed by atoms with Gasteiger partial charge in [-0.3, -0.25) is 4.79 Å². The molecule has 0 atom stereocenters. The molecule has 0 bridgehead atoms. The van der Waals surface area contributed by atoms with E-state index in [4.69, 9.17) is 4.74 Å². The number of piperidine rings is 1. The summed E-state index contributed by atoms with van der Waals surface area (Å²) in [6.07, 6.45) is 5.64. The number of nitrogens with one attached hydrogen (secondary N) is 1. The lowest BCUT2D eigenvalue weighted by atomic mass is 10.1. The third-order valence-corrected chi connectivity index (χ3v) is 4.38. The zero-order chi connectivity index (χ0) is 17.5. The van der Waals surface area contributed by atoms with Gasteiger partial charge in [0.1, 0.15) is 23.6 Å². The number of ether oxygens (including phenoxy) is 1. The molecule has 3 rings (SSSR count). The lowest BCUT2D eigenvalue weighted by Gasteiger charge is -2.26. The topological polar surface area (TPSA) is 67.3 Å². The number of aromatic nitrogens is 2. The van der Waals surface area contributed by atoms with Crippen LogP contribution in [-0.2, 0) is 6.42 Å². The first-order chi connectivity index (χ1) is 12.3. The minimum atomic E-state index is -0.00190. The smallest absolute Gasteiger partial charge is 0.272 e. The Bertz CT molecular complexity index is 714. The Balaban J connectivity index is 1.57. The van der Waals surface area contributed by atoms with Gasteiger partial charge in [-0.2, -0.15) is 0 Å². The van der Waals surface area contributed by atoms with E-state index in [0.717, 1.165) is 44.6 Å². The first-order valence-corrected chi connectivity index (χ1v) is 8.74. The molecule has 2 heterocycles. The molecule has 0 spiro atoms. The third kappa shape index (κ3) is 4.68. The quantitative estimate of drug-likeness (QED) is 0.876. The van der Waals surface area contributed by atoms with Crippen LogP contribution in [0.2, 0.25) is 0 Å². The van der Waals surface area contributed by atoms with Gasteiger partial charge in [-0.15, -0.1) is 0 Å². The first-order valence-electron chi connectivity index (χ1n) is 8.74. The second-order valence-electron chi connectivity index (χ2n) is 6.17. The molecule has 1 N–H and O–H groups in total. The number of carbonyl (C=O) groups excluding carboxylic acids is 1. The monoisotopic (exact) mass is 340 g/mol. The van der Waals surface area contributed by atoms with Crippen molar-refractivity contribution in [3.63, 3.8) is 0 Å². The van der Waals surface area contributed by atoms with Crippen LogP contribution in [0.15, 0.2) is 36.7 Å². The highest BCUT2D eigenvalue weighted by atomic mass is 16.5. The van der Waals surface area contributed by atoms with Crippen molar-refractivity contribution in [3.05, 3.63) is 47.9 Å². The molecule has 6 heteroatoms. The Morgan fingerprint density at radius 1 is 1.20 bits per heavy atom. The highest BCUT2D eigenvalue weighted by Gasteiger charge is 2.19. The fourth-order valence-electron chi connectivity index (χ4n) is 2.99. The summed E-state index contributed by atoms with van der Waals surface area (Å²) < 4.78 is 5.24. The fourth-order valence-corrected chi connectivity index (χ4v) is 2.99. The van der Waals surface area contributed by atoms with Crippen LogP contribution in [0.5, 0.6) is 5.75 Å². The molecule has 2 aromatic rings. The zero-order valence-corrected chi connectivity index (χ0v) is 14.6. The van der Waals surface area contributed by atoms with Crippen molar-refractivity contribution in [2.75, 3.05) is 32.1 Å². The molecule has 0 aliphatic carbocycles. The SMILES string of the molecule is COc1cccc(CCNc2cc(C(=O)N3CCCCC3)ncn2)c1. The van der Waals surface area contributed by atoms with Crippen molar-refractivity contribution in [3.8, 4) is 5.75 Å². The molecule has 1 saturated heterocycles. The van der Waals surface area contributed by atoms with Gasteiger partial charge in [0.05, 0.1) is 7.11 Å². The van der Waals surface area contributed by atoms with Crippen molar-refractivity contribution in [1.82, 2.24) is 14.9 Å². The molecule has 6 nitrogen and oxygen atoms in total. The lowest BCUT2D eigenvalue weighted by Crippen LogP contribution is -2.36. The molecule has 1 amide bonds. The van der Waals surface area contributed by atoms with E-state index < -0.39 is 0 Å². The van der Waals surface area contributed by atoms with E-state index in [0.29, 0.717) is 11.5 Å². The molecule has 0 radical (unpaired) electrons. The molecular weight excluding hydrogens is 316 g/mol. The maximum Gasteiger partial charge on any atom is 0.272 e. The largest absolute Gasteiger partial charge is 0.497 e.